The van der Waals surface area contributed by atoms with Gasteiger partial charge in [-0.2, -0.15) is 13.2 Å². The number of pyridine rings is 1. The molecule has 8 heteroatoms. The zero-order chi connectivity index (χ0) is 14.8. The lowest BCUT2D eigenvalue weighted by Gasteiger charge is -2.35. The summed E-state index contributed by atoms with van der Waals surface area (Å²) in [5.74, 6) is 0.710. The first-order chi connectivity index (χ1) is 9.39. The molecule has 4 nitrogen and oxygen atoms in total. The molecule has 0 bridgehead atoms. The Hall–Kier alpha value is -1.05. The minimum atomic E-state index is -4.15. The molecule has 1 fully saturated rings. The summed E-state index contributed by atoms with van der Waals surface area (Å²) < 4.78 is 36.9. The number of nitrogens with two attached hydrogens (primary N) is 1. The fraction of sp³-hybridized carbons (Fsp3) is 0.583. The van der Waals surface area contributed by atoms with E-state index >= 15 is 0 Å². The van der Waals surface area contributed by atoms with Gasteiger partial charge in [0.25, 0.3) is 0 Å². The summed E-state index contributed by atoms with van der Waals surface area (Å²) in [6, 6.07) is 3.48. The predicted molar refractivity (Wildman–Crippen MR) is 71.8 cm³/mol. The summed E-state index contributed by atoms with van der Waals surface area (Å²) in [6.07, 6.45) is -4.15. The lowest BCUT2D eigenvalue weighted by atomic mass is 10.3. The van der Waals surface area contributed by atoms with E-state index in [1.54, 1.807) is 12.1 Å². The summed E-state index contributed by atoms with van der Waals surface area (Å²) in [7, 11) is 0. The number of nitrogens with zero attached hydrogens (tertiary/aromatic N) is 3. The maximum atomic E-state index is 12.3. The second-order valence-corrected chi connectivity index (χ2v) is 5.09. The van der Waals surface area contributed by atoms with E-state index in [4.69, 9.17) is 17.3 Å². The van der Waals surface area contributed by atoms with Gasteiger partial charge >= 0.3 is 6.18 Å². The second kappa shape index (κ2) is 6.15. The highest BCUT2D eigenvalue weighted by Gasteiger charge is 2.32. The largest absolute Gasteiger partial charge is 0.401 e. The van der Waals surface area contributed by atoms with E-state index in [0.29, 0.717) is 42.7 Å². The smallest absolute Gasteiger partial charge is 0.354 e. The summed E-state index contributed by atoms with van der Waals surface area (Å²) in [5.41, 5.74) is 6.14. The third-order valence-electron chi connectivity index (χ3n) is 3.20. The third-order valence-corrected chi connectivity index (χ3v) is 3.54. The molecule has 1 aromatic rings. The Kier molecular flexibility index (Phi) is 4.72. The van der Waals surface area contributed by atoms with E-state index < -0.39 is 12.7 Å². The van der Waals surface area contributed by atoms with Crippen LogP contribution in [0.3, 0.4) is 0 Å². The molecule has 1 aliphatic rings. The lowest BCUT2D eigenvalue weighted by Crippen LogP contribution is -2.49. The molecule has 2 N–H and O–H groups in total. The van der Waals surface area contributed by atoms with Crippen LogP contribution in [0.5, 0.6) is 0 Å². The van der Waals surface area contributed by atoms with Gasteiger partial charge in [0, 0.05) is 32.7 Å². The van der Waals surface area contributed by atoms with E-state index in [1.807, 2.05) is 4.90 Å². The summed E-state index contributed by atoms with van der Waals surface area (Å²) in [4.78, 5) is 7.69. The monoisotopic (exact) mass is 308 g/mol. The van der Waals surface area contributed by atoms with Gasteiger partial charge in [-0.3, -0.25) is 4.90 Å². The molecule has 2 heterocycles. The predicted octanol–water partition coefficient (Wildman–Crippen LogP) is 1.88. The van der Waals surface area contributed by atoms with Gasteiger partial charge in [0.05, 0.1) is 17.3 Å². The number of piperazine rings is 1. The molecule has 0 spiro atoms. The SMILES string of the molecule is NCc1nc(N2CCN(CC(F)(F)F)CC2)ccc1Cl. The molecule has 0 radical (unpaired) electrons. The molecule has 1 aliphatic heterocycles. The van der Waals surface area contributed by atoms with Gasteiger partial charge in [0.2, 0.25) is 0 Å². The minimum Gasteiger partial charge on any atom is -0.354 e. The Morgan fingerprint density at radius 1 is 1.20 bits per heavy atom. The molecule has 0 amide bonds. The average Bonchev–Trinajstić information content (AvgIpc) is 2.38. The van der Waals surface area contributed by atoms with Gasteiger partial charge in [-0.1, -0.05) is 11.6 Å². The van der Waals surface area contributed by atoms with Crippen molar-refractivity contribution in [2.24, 2.45) is 5.73 Å². The molecular formula is C12H16ClF3N4. The number of hydrogen-bond donors (Lipinski definition) is 1. The van der Waals surface area contributed by atoms with Gasteiger partial charge in [-0.25, -0.2) is 4.98 Å². The number of rotatable bonds is 3. The van der Waals surface area contributed by atoms with Crippen LogP contribution in [0.25, 0.3) is 0 Å². The van der Waals surface area contributed by atoms with E-state index in [9.17, 15) is 13.2 Å². The molecule has 0 unspecified atom stereocenters. The van der Waals surface area contributed by atoms with Crippen LogP contribution in [0.4, 0.5) is 19.0 Å². The number of hydrogen-bond acceptors (Lipinski definition) is 4. The first kappa shape index (κ1) is 15.3. The molecular weight excluding hydrogens is 293 g/mol. The van der Waals surface area contributed by atoms with Gasteiger partial charge in [0.1, 0.15) is 5.82 Å². The van der Waals surface area contributed by atoms with E-state index in [0.717, 1.165) is 0 Å². The van der Waals surface area contributed by atoms with Crippen molar-refractivity contribution in [1.29, 1.82) is 0 Å². The Labute approximate surface area is 120 Å². The lowest BCUT2D eigenvalue weighted by molar-refractivity contribution is -0.146. The van der Waals surface area contributed by atoms with Crippen LogP contribution in [0.2, 0.25) is 5.02 Å². The van der Waals surface area contributed by atoms with Crippen molar-refractivity contribution in [3.63, 3.8) is 0 Å². The van der Waals surface area contributed by atoms with Crippen LogP contribution in [0.15, 0.2) is 12.1 Å². The maximum Gasteiger partial charge on any atom is 0.401 e. The van der Waals surface area contributed by atoms with E-state index in [2.05, 4.69) is 4.98 Å². The molecule has 0 atom stereocenters. The first-order valence-electron chi connectivity index (χ1n) is 6.28. The first-order valence-corrected chi connectivity index (χ1v) is 6.66. The fourth-order valence-electron chi connectivity index (χ4n) is 2.18. The van der Waals surface area contributed by atoms with Crippen LogP contribution in [-0.4, -0.2) is 48.8 Å². The average molecular weight is 309 g/mol. The number of halogens is 4. The molecule has 0 aliphatic carbocycles. The highest BCUT2D eigenvalue weighted by molar-refractivity contribution is 6.31. The summed E-state index contributed by atoms with van der Waals surface area (Å²) in [5, 5.41) is 0.506. The van der Waals surface area contributed by atoms with Gasteiger partial charge in [-0.05, 0) is 12.1 Å². The van der Waals surface area contributed by atoms with Crippen LogP contribution < -0.4 is 10.6 Å². The van der Waals surface area contributed by atoms with Crippen molar-refractivity contribution < 1.29 is 13.2 Å². The van der Waals surface area contributed by atoms with Crippen molar-refractivity contribution >= 4 is 17.4 Å². The Morgan fingerprint density at radius 2 is 1.85 bits per heavy atom. The van der Waals surface area contributed by atoms with Gasteiger partial charge in [0.15, 0.2) is 0 Å². The van der Waals surface area contributed by atoms with E-state index in [-0.39, 0.29) is 6.54 Å². The Bertz CT molecular complexity index is 459. The molecule has 2 rings (SSSR count). The minimum absolute atomic E-state index is 0.237. The standard InChI is InChI=1S/C12H16ClF3N4/c13-9-1-2-11(18-10(9)7-17)20-5-3-19(4-6-20)8-12(14,15)16/h1-2H,3-8,17H2. The molecule has 20 heavy (non-hydrogen) atoms. The molecule has 112 valence electrons. The highest BCUT2D eigenvalue weighted by atomic mass is 35.5. The van der Waals surface area contributed by atoms with Crippen molar-refractivity contribution in [2.45, 2.75) is 12.7 Å². The van der Waals surface area contributed by atoms with Gasteiger partial charge < -0.3 is 10.6 Å². The van der Waals surface area contributed by atoms with E-state index in [1.165, 1.54) is 4.90 Å². The zero-order valence-electron chi connectivity index (χ0n) is 10.8. The normalized spacial score (nSPS) is 17.6. The zero-order valence-corrected chi connectivity index (χ0v) is 11.6. The topological polar surface area (TPSA) is 45.4 Å². The maximum absolute atomic E-state index is 12.3. The summed E-state index contributed by atoms with van der Waals surface area (Å²) in [6.45, 7) is 1.12. The highest BCUT2D eigenvalue weighted by Crippen LogP contribution is 2.22. The van der Waals surface area contributed by atoms with Crippen molar-refractivity contribution in [3.8, 4) is 0 Å². The Balaban J connectivity index is 1.97. The van der Waals surface area contributed by atoms with Crippen LogP contribution in [0.1, 0.15) is 5.69 Å². The molecule has 1 aromatic heterocycles. The van der Waals surface area contributed by atoms with Crippen LogP contribution in [-0.2, 0) is 6.54 Å². The molecule has 1 saturated heterocycles. The van der Waals surface area contributed by atoms with Crippen LogP contribution in [0, 0.1) is 0 Å². The third kappa shape index (κ3) is 3.97. The fourth-order valence-corrected chi connectivity index (χ4v) is 2.36. The quantitative estimate of drug-likeness (QED) is 0.926. The van der Waals surface area contributed by atoms with Gasteiger partial charge in [-0.15, -0.1) is 0 Å². The second-order valence-electron chi connectivity index (χ2n) is 4.68. The molecule has 0 saturated carbocycles. The van der Waals surface area contributed by atoms with Crippen molar-refractivity contribution in [1.82, 2.24) is 9.88 Å². The Morgan fingerprint density at radius 3 is 2.40 bits per heavy atom. The molecule has 0 aromatic carbocycles. The van der Waals surface area contributed by atoms with Crippen molar-refractivity contribution in [2.75, 3.05) is 37.6 Å². The van der Waals surface area contributed by atoms with Crippen molar-refractivity contribution in [3.05, 3.63) is 22.8 Å². The number of anilines is 1. The van der Waals surface area contributed by atoms with Crippen LogP contribution >= 0.6 is 11.6 Å². The number of aromatic nitrogens is 1. The summed E-state index contributed by atoms with van der Waals surface area (Å²) >= 11 is 5.94. The number of alkyl halides is 3.